The maximum atomic E-state index is 15.7. The summed E-state index contributed by atoms with van der Waals surface area (Å²) in [5.74, 6) is -7.36. The molecule has 0 aromatic heterocycles. The molecule has 0 aliphatic heterocycles. The standard InChI is InChI=1S/C31H23F5O3/c1-4-19-7-13-22(14-8-19)37-28-25(31(34,35)36)29(38-23-15-9-20(5-2)10-16-23)27(33)30(26(28)32)39-24-17-11-21(6-3)12-18-24/h4-9,11-18,20H,1-3,10H2. The first-order chi connectivity index (χ1) is 18.6. The minimum Gasteiger partial charge on any atom is -0.454 e. The van der Waals surface area contributed by atoms with Crippen LogP contribution in [0, 0.1) is 17.6 Å². The minimum atomic E-state index is -5.26. The summed E-state index contributed by atoms with van der Waals surface area (Å²) in [4.78, 5) is 0. The van der Waals surface area contributed by atoms with E-state index in [2.05, 4.69) is 19.7 Å². The fourth-order valence-corrected chi connectivity index (χ4v) is 3.73. The Morgan fingerprint density at radius 3 is 1.62 bits per heavy atom. The van der Waals surface area contributed by atoms with Crippen molar-refractivity contribution in [2.45, 2.75) is 12.6 Å². The largest absolute Gasteiger partial charge is 0.454 e. The van der Waals surface area contributed by atoms with Crippen LogP contribution in [0.25, 0.3) is 12.2 Å². The zero-order valence-electron chi connectivity index (χ0n) is 20.6. The number of alkyl halides is 3. The van der Waals surface area contributed by atoms with Crippen LogP contribution in [-0.4, -0.2) is 0 Å². The summed E-state index contributed by atoms with van der Waals surface area (Å²) in [5, 5.41) is 0. The highest BCUT2D eigenvalue weighted by molar-refractivity contribution is 5.58. The summed E-state index contributed by atoms with van der Waals surface area (Å²) in [6, 6.07) is 11.6. The van der Waals surface area contributed by atoms with Crippen LogP contribution in [0.1, 0.15) is 23.1 Å². The smallest absolute Gasteiger partial charge is 0.423 e. The van der Waals surface area contributed by atoms with Crippen molar-refractivity contribution in [3.8, 4) is 28.7 Å². The van der Waals surface area contributed by atoms with Crippen molar-refractivity contribution >= 4 is 12.2 Å². The van der Waals surface area contributed by atoms with Gasteiger partial charge >= 0.3 is 6.18 Å². The van der Waals surface area contributed by atoms with Crippen LogP contribution < -0.4 is 14.2 Å². The lowest BCUT2D eigenvalue weighted by Gasteiger charge is -2.22. The third kappa shape index (κ3) is 6.12. The van der Waals surface area contributed by atoms with Gasteiger partial charge in [0.2, 0.25) is 17.4 Å². The van der Waals surface area contributed by atoms with Gasteiger partial charge in [-0.25, -0.2) is 0 Å². The topological polar surface area (TPSA) is 27.7 Å². The monoisotopic (exact) mass is 538 g/mol. The average molecular weight is 539 g/mol. The predicted octanol–water partition coefficient (Wildman–Crippen LogP) is 9.88. The molecular weight excluding hydrogens is 515 g/mol. The van der Waals surface area contributed by atoms with Crippen LogP contribution in [-0.2, 0) is 6.18 Å². The molecule has 1 unspecified atom stereocenters. The van der Waals surface area contributed by atoms with Crippen molar-refractivity contribution in [3.63, 3.8) is 0 Å². The Morgan fingerprint density at radius 1 is 0.718 bits per heavy atom. The second-order valence-electron chi connectivity index (χ2n) is 8.44. The number of allylic oxidation sites excluding steroid dienone is 4. The van der Waals surface area contributed by atoms with Crippen LogP contribution in [0.4, 0.5) is 22.0 Å². The molecule has 0 N–H and O–H groups in total. The molecule has 0 saturated heterocycles. The summed E-state index contributed by atoms with van der Waals surface area (Å²) in [7, 11) is 0. The van der Waals surface area contributed by atoms with E-state index in [0.29, 0.717) is 17.5 Å². The quantitative estimate of drug-likeness (QED) is 0.200. The first kappa shape index (κ1) is 27.4. The van der Waals surface area contributed by atoms with Gasteiger partial charge in [-0.3, -0.25) is 0 Å². The summed E-state index contributed by atoms with van der Waals surface area (Å²) in [6.07, 6.45) is 4.34. The first-order valence-electron chi connectivity index (χ1n) is 11.8. The summed E-state index contributed by atoms with van der Waals surface area (Å²) >= 11 is 0. The Morgan fingerprint density at radius 2 is 1.21 bits per heavy atom. The summed E-state index contributed by atoms with van der Waals surface area (Å²) in [5.41, 5.74) is -0.414. The van der Waals surface area contributed by atoms with Gasteiger partial charge in [-0.2, -0.15) is 22.0 Å². The van der Waals surface area contributed by atoms with Crippen molar-refractivity contribution in [3.05, 3.63) is 127 Å². The lowest BCUT2D eigenvalue weighted by Crippen LogP contribution is -2.15. The first-order valence-corrected chi connectivity index (χ1v) is 11.8. The molecule has 0 spiro atoms. The highest BCUT2D eigenvalue weighted by Gasteiger charge is 2.44. The van der Waals surface area contributed by atoms with Crippen molar-refractivity contribution in [2.75, 3.05) is 0 Å². The van der Waals surface area contributed by atoms with E-state index >= 15 is 8.78 Å². The molecule has 200 valence electrons. The molecule has 3 aromatic carbocycles. The zero-order chi connectivity index (χ0) is 28.2. The lowest BCUT2D eigenvalue weighted by atomic mass is 10.0. The van der Waals surface area contributed by atoms with Crippen LogP contribution in [0.15, 0.2) is 98.3 Å². The molecular formula is C31H23F5O3. The highest BCUT2D eigenvalue weighted by atomic mass is 19.4. The number of hydrogen-bond acceptors (Lipinski definition) is 3. The Hall–Kier alpha value is -4.59. The fourth-order valence-electron chi connectivity index (χ4n) is 3.73. The van der Waals surface area contributed by atoms with Gasteiger partial charge in [0.1, 0.15) is 22.8 Å². The Bertz CT molecular complexity index is 1450. The van der Waals surface area contributed by atoms with Gasteiger partial charge in [0.15, 0.2) is 11.5 Å². The maximum Gasteiger partial charge on any atom is 0.423 e. The maximum absolute atomic E-state index is 15.7. The highest BCUT2D eigenvalue weighted by Crippen LogP contribution is 2.51. The van der Waals surface area contributed by atoms with Gasteiger partial charge in [-0.15, -0.1) is 6.58 Å². The van der Waals surface area contributed by atoms with Crippen LogP contribution in [0.5, 0.6) is 28.7 Å². The Kier molecular flexibility index (Phi) is 8.04. The normalized spacial score (nSPS) is 14.8. The molecule has 1 aliphatic rings. The molecule has 1 atom stereocenters. The predicted molar refractivity (Wildman–Crippen MR) is 141 cm³/mol. The molecule has 3 aromatic rings. The molecule has 0 bridgehead atoms. The van der Waals surface area contributed by atoms with Crippen LogP contribution in [0.2, 0.25) is 0 Å². The van der Waals surface area contributed by atoms with E-state index in [1.165, 1.54) is 54.6 Å². The van der Waals surface area contributed by atoms with Gasteiger partial charge in [0, 0.05) is 0 Å². The number of benzene rings is 3. The molecule has 1 aliphatic carbocycles. The number of rotatable bonds is 9. The Labute approximate surface area is 222 Å². The van der Waals surface area contributed by atoms with Crippen molar-refractivity contribution in [1.29, 1.82) is 0 Å². The van der Waals surface area contributed by atoms with Gasteiger partial charge < -0.3 is 14.2 Å². The van der Waals surface area contributed by atoms with E-state index in [-0.39, 0.29) is 23.2 Å². The number of ether oxygens (including phenoxy) is 3. The Balaban J connectivity index is 1.89. The molecule has 39 heavy (non-hydrogen) atoms. The van der Waals surface area contributed by atoms with E-state index in [1.54, 1.807) is 30.4 Å². The number of halogens is 5. The third-order valence-electron chi connectivity index (χ3n) is 5.83. The van der Waals surface area contributed by atoms with E-state index in [1.807, 2.05) is 0 Å². The SMILES string of the molecule is C=Cc1ccc(Oc2c(F)c(OC3=CCC(C=C)C=C3)c(C(F)(F)F)c(Oc3ccc(C=C)cc3)c2F)cc1. The van der Waals surface area contributed by atoms with Crippen molar-refractivity contribution in [2.24, 2.45) is 5.92 Å². The van der Waals surface area contributed by atoms with Crippen LogP contribution >= 0.6 is 0 Å². The van der Waals surface area contributed by atoms with Gasteiger partial charge in [0.25, 0.3) is 0 Å². The third-order valence-corrected chi connectivity index (χ3v) is 5.83. The van der Waals surface area contributed by atoms with E-state index < -0.39 is 40.6 Å². The molecule has 0 saturated carbocycles. The average Bonchev–Trinajstić information content (AvgIpc) is 2.94. The summed E-state index contributed by atoms with van der Waals surface area (Å²) < 4.78 is 90.8. The molecule has 0 fully saturated rings. The molecule has 4 rings (SSSR count). The van der Waals surface area contributed by atoms with E-state index in [9.17, 15) is 13.2 Å². The van der Waals surface area contributed by atoms with Gasteiger partial charge in [-0.1, -0.05) is 61.7 Å². The molecule has 3 nitrogen and oxygen atoms in total. The summed E-state index contributed by atoms with van der Waals surface area (Å²) in [6.45, 7) is 10.9. The van der Waals surface area contributed by atoms with Crippen molar-refractivity contribution in [1.82, 2.24) is 0 Å². The number of hydrogen-bond donors (Lipinski definition) is 0. The molecule has 0 amide bonds. The van der Waals surface area contributed by atoms with Crippen molar-refractivity contribution < 1.29 is 36.2 Å². The van der Waals surface area contributed by atoms with Gasteiger partial charge in [0.05, 0.1) is 0 Å². The van der Waals surface area contributed by atoms with E-state index in [4.69, 9.17) is 14.2 Å². The fraction of sp³-hybridized carbons (Fsp3) is 0.0968. The molecule has 0 radical (unpaired) electrons. The second kappa shape index (κ2) is 11.4. The molecule has 0 heterocycles. The zero-order valence-corrected chi connectivity index (χ0v) is 20.6. The van der Waals surface area contributed by atoms with E-state index in [0.717, 1.165) is 0 Å². The second-order valence-corrected chi connectivity index (χ2v) is 8.44. The van der Waals surface area contributed by atoms with Crippen LogP contribution in [0.3, 0.4) is 0 Å². The minimum absolute atomic E-state index is 0.0315. The van der Waals surface area contributed by atoms with Gasteiger partial charge in [-0.05, 0) is 59.9 Å². The molecule has 8 heteroatoms. The lowest BCUT2D eigenvalue weighted by molar-refractivity contribution is -0.140.